The molecule has 2 nitrogen and oxygen atoms in total. The molecule has 0 aromatic heterocycles. The van der Waals surface area contributed by atoms with Crippen molar-refractivity contribution in [3.05, 3.63) is 0 Å². The third-order valence-electron chi connectivity index (χ3n) is 0.641. The highest BCUT2D eigenvalue weighted by Gasteiger charge is 2.10. The molecule has 1 atom stereocenters. The summed E-state index contributed by atoms with van der Waals surface area (Å²) >= 11 is 0. The largest absolute Gasteiger partial charge is 0.271 e. The maximum Gasteiger partial charge on any atom is 0.254 e. The topological polar surface area (TPSA) is 38.0 Å². The molecule has 0 spiro atoms. The molecule has 0 fully saturated rings. The fraction of sp³-hybridized carbons (Fsp3) is 1.00. The Morgan fingerprint density at radius 3 is 1.67 bits per heavy atom. The van der Waals surface area contributed by atoms with Crippen molar-refractivity contribution in [3.8, 4) is 0 Å². The van der Waals surface area contributed by atoms with E-state index in [9.17, 15) is 8.78 Å². The maximum atomic E-state index is 11.3. The summed E-state index contributed by atoms with van der Waals surface area (Å²) in [5.74, 6) is 4.64. The van der Waals surface area contributed by atoms with Crippen LogP contribution in [0.1, 0.15) is 6.92 Å². The molecule has 0 aromatic rings. The van der Waals surface area contributed by atoms with Crippen LogP contribution in [-0.4, -0.2) is 12.5 Å². The van der Waals surface area contributed by atoms with E-state index in [2.05, 4.69) is 5.84 Å². The predicted molar refractivity (Wildman–Crippen MR) is 37.3 cm³/mol. The van der Waals surface area contributed by atoms with Crippen LogP contribution in [0.25, 0.3) is 0 Å². The van der Waals surface area contributed by atoms with E-state index in [0.29, 0.717) is 0 Å². The van der Waals surface area contributed by atoms with Gasteiger partial charge in [0.1, 0.15) is 0 Å². The van der Waals surface area contributed by atoms with Gasteiger partial charge in [0.25, 0.3) is 6.43 Å². The smallest absolute Gasteiger partial charge is 0.254 e. The second-order valence-electron chi connectivity index (χ2n) is 1.29. The van der Waals surface area contributed by atoms with Crippen LogP contribution >= 0.6 is 24.8 Å². The monoisotopic (exact) mass is 182 g/mol. The highest BCUT2D eigenvalue weighted by molar-refractivity contribution is 5.85. The van der Waals surface area contributed by atoms with Gasteiger partial charge in [0, 0.05) is 0 Å². The van der Waals surface area contributed by atoms with Crippen LogP contribution in [0.5, 0.6) is 0 Å². The summed E-state index contributed by atoms with van der Waals surface area (Å²) in [6, 6.07) is -0.903. The van der Waals surface area contributed by atoms with E-state index in [1.165, 1.54) is 6.92 Å². The second kappa shape index (κ2) is 8.36. The predicted octanol–water partition coefficient (Wildman–Crippen LogP) is 0.947. The molecule has 0 rings (SSSR count). The van der Waals surface area contributed by atoms with Crippen molar-refractivity contribution in [1.82, 2.24) is 5.43 Å². The first-order chi connectivity index (χ1) is 3.18. The molecule has 0 amide bonds. The Kier molecular flexibility index (Phi) is 15.0. The third kappa shape index (κ3) is 8.36. The van der Waals surface area contributed by atoms with Crippen LogP contribution in [0.15, 0.2) is 0 Å². The summed E-state index contributed by atoms with van der Waals surface area (Å²) < 4.78 is 22.6. The lowest BCUT2D eigenvalue weighted by atomic mass is 10.4. The third-order valence-corrected chi connectivity index (χ3v) is 0.641. The quantitative estimate of drug-likeness (QED) is 0.494. The van der Waals surface area contributed by atoms with E-state index in [-0.39, 0.29) is 24.8 Å². The Bertz CT molecular complexity index is 55.1. The number of nitrogens with two attached hydrogens (primary N) is 1. The summed E-state index contributed by atoms with van der Waals surface area (Å²) in [6.45, 7) is 1.31. The molecule has 9 heavy (non-hydrogen) atoms. The Balaban J connectivity index is -0.000000180. The van der Waals surface area contributed by atoms with E-state index < -0.39 is 12.5 Å². The zero-order valence-electron chi connectivity index (χ0n) is 4.80. The van der Waals surface area contributed by atoms with Gasteiger partial charge in [0.2, 0.25) is 0 Å². The lowest BCUT2D eigenvalue weighted by Crippen LogP contribution is -2.37. The fourth-order valence-corrected chi connectivity index (χ4v) is 0.0727. The van der Waals surface area contributed by atoms with Crippen LogP contribution in [0.3, 0.4) is 0 Å². The Labute approximate surface area is 65.0 Å². The summed E-state index contributed by atoms with van der Waals surface area (Å²) in [5.41, 5.74) is 1.91. The fourth-order valence-electron chi connectivity index (χ4n) is 0.0727. The minimum Gasteiger partial charge on any atom is -0.271 e. The standard InChI is InChI=1S/C3H8F2N2.2ClH/c1-2(7-6)3(4)5;;/h2-3,7H,6H2,1H3;2*1H. The lowest BCUT2D eigenvalue weighted by Gasteiger charge is -2.05. The first kappa shape index (κ1) is 16.2. The number of rotatable bonds is 2. The van der Waals surface area contributed by atoms with Gasteiger partial charge in [-0.2, -0.15) is 0 Å². The van der Waals surface area contributed by atoms with Gasteiger partial charge in [-0.05, 0) is 6.92 Å². The number of hydrogen-bond acceptors (Lipinski definition) is 2. The van der Waals surface area contributed by atoms with Crippen LogP contribution in [0.2, 0.25) is 0 Å². The van der Waals surface area contributed by atoms with Gasteiger partial charge in [-0.1, -0.05) is 0 Å². The molecule has 1 unspecified atom stereocenters. The van der Waals surface area contributed by atoms with Crippen molar-refractivity contribution >= 4 is 24.8 Å². The first-order valence-electron chi connectivity index (χ1n) is 1.92. The Morgan fingerprint density at radius 1 is 1.33 bits per heavy atom. The molecule has 0 aliphatic carbocycles. The normalized spacial score (nSPS) is 11.7. The van der Waals surface area contributed by atoms with Gasteiger partial charge in [-0.15, -0.1) is 24.8 Å². The van der Waals surface area contributed by atoms with Gasteiger partial charge in [-0.25, -0.2) is 8.78 Å². The van der Waals surface area contributed by atoms with Crippen LogP contribution in [0, 0.1) is 0 Å². The van der Waals surface area contributed by atoms with E-state index in [1.54, 1.807) is 0 Å². The number of halogens is 4. The molecule has 0 saturated carbocycles. The maximum absolute atomic E-state index is 11.3. The van der Waals surface area contributed by atoms with Gasteiger partial charge in [0.05, 0.1) is 6.04 Å². The summed E-state index contributed by atoms with van der Waals surface area (Å²) in [6.07, 6.45) is -2.37. The molecule has 0 saturated heterocycles. The zero-order chi connectivity index (χ0) is 5.86. The second-order valence-corrected chi connectivity index (χ2v) is 1.29. The average molecular weight is 183 g/mol. The lowest BCUT2D eigenvalue weighted by molar-refractivity contribution is 0.106. The average Bonchev–Trinajstić information content (AvgIpc) is 1.65. The molecule has 0 aliphatic rings. The molecular formula is C3H10Cl2F2N2. The number of nitrogens with one attached hydrogen (secondary N) is 1. The first-order valence-corrected chi connectivity index (χ1v) is 1.92. The van der Waals surface area contributed by atoms with E-state index in [0.717, 1.165) is 0 Å². The molecule has 3 N–H and O–H groups in total. The molecule has 60 valence electrons. The van der Waals surface area contributed by atoms with Gasteiger partial charge < -0.3 is 0 Å². The van der Waals surface area contributed by atoms with Gasteiger partial charge >= 0.3 is 0 Å². The van der Waals surface area contributed by atoms with Gasteiger partial charge in [0.15, 0.2) is 0 Å². The van der Waals surface area contributed by atoms with Crippen molar-refractivity contribution in [2.24, 2.45) is 5.84 Å². The van der Waals surface area contributed by atoms with Crippen LogP contribution < -0.4 is 11.3 Å². The number of hydrazine groups is 1. The van der Waals surface area contributed by atoms with Crippen molar-refractivity contribution in [3.63, 3.8) is 0 Å². The van der Waals surface area contributed by atoms with Crippen molar-refractivity contribution < 1.29 is 8.78 Å². The van der Waals surface area contributed by atoms with Crippen LogP contribution in [-0.2, 0) is 0 Å². The summed E-state index contributed by atoms with van der Waals surface area (Å²) in [5, 5.41) is 0. The molecule has 0 bridgehead atoms. The minimum absolute atomic E-state index is 0. The molecule has 0 heterocycles. The van der Waals surface area contributed by atoms with Crippen molar-refractivity contribution in [2.75, 3.05) is 0 Å². The van der Waals surface area contributed by atoms with E-state index in [4.69, 9.17) is 0 Å². The molecule has 0 radical (unpaired) electrons. The van der Waals surface area contributed by atoms with Crippen LogP contribution in [0.4, 0.5) is 8.78 Å². The molecular weight excluding hydrogens is 173 g/mol. The van der Waals surface area contributed by atoms with E-state index in [1.807, 2.05) is 5.43 Å². The highest BCUT2D eigenvalue weighted by atomic mass is 35.5. The minimum atomic E-state index is -2.37. The summed E-state index contributed by atoms with van der Waals surface area (Å²) in [4.78, 5) is 0. The summed E-state index contributed by atoms with van der Waals surface area (Å²) in [7, 11) is 0. The van der Waals surface area contributed by atoms with Crippen molar-refractivity contribution in [2.45, 2.75) is 19.4 Å². The molecule has 0 aliphatic heterocycles. The SMILES string of the molecule is CC(NN)C(F)F.Cl.Cl. The number of alkyl halides is 2. The molecule has 0 aromatic carbocycles. The molecule has 6 heteroatoms. The Hall–Kier alpha value is 0.360. The zero-order valence-corrected chi connectivity index (χ0v) is 6.44. The number of hydrogen-bond donors (Lipinski definition) is 2. The van der Waals surface area contributed by atoms with Crippen molar-refractivity contribution in [1.29, 1.82) is 0 Å². The highest BCUT2D eigenvalue weighted by Crippen LogP contribution is 1.95. The van der Waals surface area contributed by atoms with E-state index >= 15 is 0 Å². The van der Waals surface area contributed by atoms with Gasteiger partial charge in [-0.3, -0.25) is 11.3 Å². The Morgan fingerprint density at radius 2 is 1.67 bits per heavy atom.